The van der Waals surface area contributed by atoms with E-state index in [0.717, 1.165) is 19.4 Å². The largest absolute Gasteiger partial charge is 0.370 e. The molecule has 0 saturated heterocycles. The van der Waals surface area contributed by atoms with Crippen molar-refractivity contribution in [3.8, 4) is 0 Å². The van der Waals surface area contributed by atoms with Gasteiger partial charge in [0.25, 0.3) is 0 Å². The average molecular weight is 492 g/mol. The molecule has 1 aliphatic rings. The van der Waals surface area contributed by atoms with Gasteiger partial charge in [-0.05, 0) is 29.5 Å². The summed E-state index contributed by atoms with van der Waals surface area (Å²) in [4.78, 5) is 5.76. The number of hydrogen-bond donors (Lipinski definition) is 2. The fraction of sp³-hybridized carbons (Fsp3) is 0.312. The van der Waals surface area contributed by atoms with Crippen LogP contribution in [0.15, 0.2) is 51.2 Å². The Morgan fingerprint density at radius 3 is 2.86 bits per heavy atom. The number of nitrogens with one attached hydrogen (secondary N) is 1. The molecule has 0 spiro atoms. The maximum absolute atomic E-state index is 5.96. The molecule has 2 aromatic rings. The summed E-state index contributed by atoms with van der Waals surface area (Å²) in [6.07, 6.45) is 2.07. The van der Waals surface area contributed by atoms with Crippen LogP contribution in [0.5, 0.6) is 0 Å². The van der Waals surface area contributed by atoms with E-state index in [9.17, 15) is 0 Å². The molecule has 22 heavy (non-hydrogen) atoms. The molecule has 1 heterocycles. The highest BCUT2D eigenvalue weighted by molar-refractivity contribution is 14.0. The standard InChI is InChI=1S/C16H18BrN3S.HI/c17-14-6-2-1-5-12(14)13-10-15(13)20-16(18)19-8-7-11-4-3-9-21-11;/h1-6,9,13,15H,7-8,10H2,(H3,18,19,20);1H/t13-,15+;/m0./s1. The highest BCUT2D eigenvalue weighted by Gasteiger charge is 2.39. The second-order valence-electron chi connectivity index (χ2n) is 5.21. The lowest BCUT2D eigenvalue weighted by molar-refractivity contribution is 0.843. The number of guanidine groups is 1. The number of hydrogen-bond acceptors (Lipinski definition) is 2. The molecular formula is C16H19BrIN3S. The highest BCUT2D eigenvalue weighted by Crippen LogP contribution is 2.43. The van der Waals surface area contributed by atoms with Crippen LogP contribution in [0.25, 0.3) is 0 Å². The highest BCUT2D eigenvalue weighted by atomic mass is 127. The lowest BCUT2D eigenvalue weighted by atomic mass is 10.1. The Bertz CT molecular complexity index is 630. The Labute approximate surface area is 160 Å². The summed E-state index contributed by atoms with van der Waals surface area (Å²) in [6.45, 7) is 0.742. The Kier molecular flexibility index (Phi) is 6.70. The van der Waals surface area contributed by atoms with E-state index in [-0.39, 0.29) is 24.0 Å². The summed E-state index contributed by atoms with van der Waals surface area (Å²) in [5.41, 5.74) is 7.31. The molecule has 0 aliphatic heterocycles. The molecule has 2 atom stereocenters. The Balaban J connectivity index is 0.00000176. The van der Waals surface area contributed by atoms with Crippen molar-refractivity contribution in [2.75, 3.05) is 6.54 Å². The first-order valence-corrected chi connectivity index (χ1v) is 8.74. The van der Waals surface area contributed by atoms with Gasteiger partial charge in [0.2, 0.25) is 0 Å². The van der Waals surface area contributed by atoms with Gasteiger partial charge >= 0.3 is 0 Å². The second kappa shape index (κ2) is 8.31. The van der Waals surface area contributed by atoms with Crippen molar-refractivity contribution >= 4 is 57.2 Å². The maximum atomic E-state index is 5.96. The van der Waals surface area contributed by atoms with Crippen LogP contribution in [0, 0.1) is 0 Å². The summed E-state index contributed by atoms with van der Waals surface area (Å²) in [5.74, 6) is 1.10. The van der Waals surface area contributed by atoms with E-state index in [0.29, 0.717) is 17.9 Å². The lowest BCUT2D eigenvalue weighted by Crippen LogP contribution is -2.34. The normalized spacial score (nSPS) is 20.3. The predicted molar refractivity (Wildman–Crippen MR) is 108 cm³/mol. The van der Waals surface area contributed by atoms with Gasteiger partial charge in [-0.1, -0.05) is 40.2 Å². The molecule has 0 unspecified atom stereocenters. The molecule has 1 aromatic carbocycles. The number of nitrogens with two attached hydrogens (primary N) is 1. The fourth-order valence-corrected chi connectivity index (χ4v) is 3.73. The molecule has 1 fully saturated rings. The van der Waals surface area contributed by atoms with Gasteiger partial charge in [-0.15, -0.1) is 35.3 Å². The summed E-state index contributed by atoms with van der Waals surface area (Å²) in [6, 6.07) is 13.0. The second-order valence-corrected chi connectivity index (χ2v) is 7.10. The van der Waals surface area contributed by atoms with Gasteiger partial charge < -0.3 is 11.1 Å². The number of aliphatic imine (C=N–C) groups is 1. The van der Waals surface area contributed by atoms with Crippen molar-refractivity contribution < 1.29 is 0 Å². The van der Waals surface area contributed by atoms with E-state index >= 15 is 0 Å². The van der Waals surface area contributed by atoms with Crippen LogP contribution in [0.2, 0.25) is 0 Å². The summed E-state index contributed by atoms with van der Waals surface area (Å²) < 4.78 is 1.17. The van der Waals surface area contributed by atoms with E-state index < -0.39 is 0 Å². The quantitative estimate of drug-likeness (QED) is 0.375. The first-order valence-electron chi connectivity index (χ1n) is 7.07. The third kappa shape index (κ3) is 4.70. The predicted octanol–water partition coefficient (Wildman–Crippen LogP) is 4.13. The van der Waals surface area contributed by atoms with Crippen LogP contribution in [0.1, 0.15) is 22.8 Å². The molecule has 1 aromatic heterocycles. The van der Waals surface area contributed by atoms with Crippen LogP contribution < -0.4 is 11.1 Å². The van der Waals surface area contributed by atoms with Crippen LogP contribution in [0.3, 0.4) is 0 Å². The van der Waals surface area contributed by atoms with Crippen molar-refractivity contribution in [3.05, 3.63) is 56.7 Å². The molecule has 0 amide bonds. The van der Waals surface area contributed by atoms with Gasteiger partial charge in [-0.3, -0.25) is 4.99 Å². The molecule has 6 heteroatoms. The number of benzene rings is 1. The van der Waals surface area contributed by atoms with Gasteiger partial charge in [-0.2, -0.15) is 0 Å². The van der Waals surface area contributed by atoms with Crippen LogP contribution in [-0.4, -0.2) is 18.5 Å². The van der Waals surface area contributed by atoms with Crippen LogP contribution in [0.4, 0.5) is 0 Å². The van der Waals surface area contributed by atoms with Crippen molar-refractivity contribution in [2.24, 2.45) is 10.7 Å². The van der Waals surface area contributed by atoms with Crippen molar-refractivity contribution in [1.82, 2.24) is 5.32 Å². The minimum atomic E-state index is 0. The van der Waals surface area contributed by atoms with Crippen molar-refractivity contribution in [2.45, 2.75) is 24.8 Å². The molecule has 0 bridgehead atoms. The van der Waals surface area contributed by atoms with Crippen LogP contribution >= 0.6 is 51.2 Å². The number of halogens is 2. The van der Waals surface area contributed by atoms with Gasteiger partial charge in [0, 0.05) is 34.3 Å². The molecule has 3 rings (SSSR count). The zero-order chi connectivity index (χ0) is 14.7. The van der Waals surface area contributed by atoms with Crippen molar-refractivity contribution in [3.63, 3.8) is 0 Å². The van der Waals surface area contributed by atoms with Gasteiger partial charge in [0.1, 0.15) is 0 Å². The maximum Gasteiger partial charge on any atom is 0.188 e. The summed E-state index contributed by atoms with van der Waals surface area (Å²) in [7, 11) is 0. The Morgan fingerprint density at radius 1 is 1.32 bits per heavy atom. The molecule has 3 N–H and O–H groups in total. The molecule has 3 nitrogen and oxygen atoms in total. The SMILES string of the molecule is I.NC(=NCCc1cccs1)N[C@@H]1C[C@H]1c1ccccc1Br. The first kappa shape index (κ1) is 17.7. The van der Waals surface area contributed by atoms with Gasteiger partial charge in [0.05, 0.1) is 0 Å². The molecular weight excluding hydrogens is 473 g/mol. The topological polar surface area (TPSA) is 50.4 Å². The van der Waals surface area contributed by atoms with E-state index in [4.69, 9.17) is 5.73 Å². The minimum Gasteiger partial charge on any atom is -0.370 e. The monoisotopic (exact) mass is 491 g/mol. The van der Waals surface area contributed by atoms with E-state index in [1.165, 1.54) is 14.9 Å². The zero-order valence-electron chi connectivity index (χ0n) is 12.0. The summed E-state index contributed by atoms with van der Waals surface area (Å²) >= 11 is 5.37. The smallest absolute Gasteiger partial charge is 0.188 e. The molecule has 1 aliphatic carbocycles. The number of rotatable bonds is 5. The fourth-order valence-electron chi connectivity index (χ4n) is 2.45. The van der Waals surface area contributed by atoms with Crippen molar-refractivity contribution in [1.29, 1.82) is 0 Å². The minimum absolute atomic E-state index is 0. The molecule has 118 valence electrons. The third-order valence-electron chi connectivity index (χ3n) is 3.65. The van der Waals surface area contributed by atoms with Gasteiger partial charge in [-0.25, -0.2) is 0 Å². The number of nitrogens with zero attached hydrogens (tertiary/aromatic N) is 1. The van der Waals surface area contributed by atoms with Crippen LogP contribution in [-0.2, 0) is 6.42 Å². The Hall–Kier alpha value is -0.600. The number of thiophene rings is 1. The van der Waals surface area contributed by atoms with E-state index in [1.54, 1.807) is 11.3 Å². The molecule has 1 saturated carbocycles. The molecule has 0 radical (unpaired) electrons. The first-order chi connectivity index (χ1) is 10.2. The summed E-state index contributed by atoms with van der Waals surface area (Å²) in [5, 5.41) is 5.41. The van der Waals surface area contributed by atoms with E-state index in [1.807, 2.05) is 6.07 Å². The van der Waals surface area contributed by atoms with E-state index in [2.05, 4.69) is 62.0 Å². The third-order valence-corrected chi connectivity index (χ3v) is 5.31. The Morgan fingerprint density at radius 2 is 2.14 bits per heavy atom. The lowest BCUT2D eigenvalue weighted by Gasteiger charge is -2.06. The van der Waals surface area contributed by atoms with Gasteiger partial charge in [0.15, 0.2) is 5.96 Å². The zero-order valence-corrected chi connectivity index (χ0v) is 16.8. The average Bonchev–Trinajstić information content (AvgIpc) is 3.01.